The van der Waals surface area contributed by atoms with Gasteiger partial charge in [0, 0.05) is 33.2 Å². The van der Waals surface area contributed by atoms with E-state index in [-0.39, 0.29) is 10.5 Å². The van der Waals surface area contributed by atoms with E-state index in [0.717, 1.165) is 19.6 Å². The van der Waals surface area contributed by atoms with Crippen LogP contribution in [0.25, 0.3) is 0 Å². The van der Waals surface area contributed by atoms with E-state index in [4.69, 9.17) is 9.16 Å². The summed E-state index contributed by atoms with van der Waals surface area (Å²) in [7, 11) is -2.76. The molecular formula is C20H42N2O2Si2. The van der Waals surface area contributed by atoms with E-state index >= 15 is 0 Å². The lowest BCUT2D eigenvalue weighted by Gasteiger charge is -2.39. The molecule has 0 radical (unpaired) electrons. The second kappa shape index (κ2) is 8.71. The molecule has 6 heteroatoms. The lowest BCUT2D eigenvalue weighted by atomic mass is 9.89. The van der Waals surface area contributed by atoms with Gasteiger partial charge in [-0.2, -0.15) is 5.10 Å². The standard InChI is InChI=1S/C20H42N2O2Si2/c1-19(2,3)26(9,10)24-16-20(4,5)15-18-11-12-21-22(18)17-23-13-14-25(6,7)8/h11-12H,13-17H2,1-10H3. The fourth-order valence-corrected chi connectivity index (χ4v) is 4.23. The van der Waals surface area contributed by atoms with E-state index in [0.29, 0.717) is 6.73 Å². The molecule has 0 bridgehead atoms. The molecule has 0 spiro atoms. The summed E-state index contributed by atoms with van der Waals surface area (Å²) < 4.78 is 14.3. The van der Waals surface area contributed by atoms with Crippen LogP contribution < -0.4 is 0 Å². The Morgan fingerprint density at radius 1 is 1.04 bits per heavy atom. The van der Waals surface area contributed by atoms with Crippen molar-refractivity contribution in [1.29, 1.82) is 0 Å². The van der Waals surface area contributed by atoms with Gasteiger partial charge in [0.15, 0.2) is 8.32 Å². The fourth-order valence-electron chi connectivity index (χ4n) is 2.29. The highest BCUT2D eigenvalue weighted by Gasteiger charge is 2.38. The Bertz CT molecular complexity index is 555. The van der Waals surface area contributed by atoms with E-state index in [9.17, 15) is 0 Å². The third kappa shape index (κ3) is 8.07. The maximum atomic E-state index is 6.47. The van der Waals surface area contributed by atoms with Crippen LogP contribution in [0, 0.1) is 5.41 Å². The Morgan fingerprint density at radius 3 is 2.19 bits per heavy atom. The van der Waals surface area contributed by atoms with Gasteiger partial charge < -0.3 is 9.16 Å². The van der Waals surface area contributed by atoms with Crippen molar-refractivity contribution in [3.05, 3.63) is 18.0 Å². The molecule has 4 nitrogen and oxygen atoms in total. The summed E-state index contributed by atoms with van der Waals surface area (Å²) in [6.45, 7) is 25.4. The number of ether oxygens (including phenoxy) is 1. The van der Waals surface area contributed by atoms with Crippen molar-refractivity contribution in [3.63, 3.8) is 0 Å². The molecule has 152 valence electrons. The highest BCUT2D eigenvalue weighted by molar-refractivity contribution is 6.76. The Balaban J connectivity index is 2.59. The third-order valence-corrected chi connectivity index (χ3v) is 11.5. The molecule has 1 aromatic heterocycles. The van der Waals surface area contributed by atoms with Crippen LogP contribution in [0.5, 0.6) is 0 Å². The molecule has 0 aliphatic heterocycles. The summed E-state index contributed by atoms with van der Waals surface area (Å²) in [5.74, 6) is 0. The molecule has 0 saturated carbocycles. The first kappa shape index (κ1) is 23.6. The summed E-state index contributed by atoms with van der Waals surface area (Å²) in [5.41, 5.74) is 1.30. The zero-order valence-corrected chi connectivity index (χ0v) is 20.9. The van der Waals surface area contributed by atoms with Crippen LogP contribution in [0.2, 0.25) is 43.8 Å². The van der Waals surface area contributed by atoms with Crippen LogP contribution in [-0.4, -0.2) is 39.4 Å². The van der Waals surface area contributed by atoms with Gasteiger partial charge in [-0.15, -0.1) is 0 Å². The molecule has 0 atom stereocenters. The topological polar surface area (TPSA) is 36.3 Å². The van der Waals surface area contributed by atoms with Crippen LogP contribution in [-0.2, 0) is 22.3 Å². The first-order valence-electron chi connectivity index (χ1n) is 9.85. The van der Waals surface area contributed by atoms with Crippen molar-refractivity contribution < 1.29 is 9.16 Å². The zero-order chi connectivity index (χ0) is 20.2. The third-order valence-electron chi connectivity index (χ3n) is 5.30. The SMILES string of the molecule is CC(C)(CO[Si](C)(C)C(C)(C)C)Cc1ccnn1COCC[Si](C)(C)C. The van der Waals surface area contributed by atoms with E-state index in [1.54, 1.807) is 0 Å². The summed E-state index contributed by atoms with van der Waals surface area (Å²) in [4.78, 5) is 0. The summed E-state index contributed by atoms with van der Waals surface area (Å²) >= 11 is 0. The predicted octanol–water partition coefficient (Wildman–Crippen LogP) is 5.79. The maximum Gasteiger partial charge on any atom is 0.192 e. The fraction of sp³-hybridized carbons (Fsp3) is 0.850. The van der Waals surface area contributed by atoms with E-state index < -0.39 is 16.4 Å². The van der Waals surface area contributed by atoms with Crippen LogP contribution in [0.15, 0.2) is 12.3 Å². The minimum Gasteiger partial charge on any atom is -0.416 e. The number of aromatic nitrogens is 2. The van der Waals surface area contributed by atoms with E-state index in [1.807, 2.05) is 10.9 Å². The Hall–Kier alpha value is -0.436. The summed E-state index contributed by atoms with van der Waals surface area (Å²) in [6.07, 6.45) is 2.82. The van der Waals surface area contributed by atoms with Gasteiger partial charge in [-0.1, -0.05) is 54.3 Å². The Kier molecular flexibility index (Phi) is 7.91. The molecule has 0 saturated heterocycles. The van der Waals surface area contributed by atoms with Gasteiger partial charge in [0.1, 0.15) is 6.73 Å². The Labute approximate surface area is 163 Å². The van der Waals surface area contributed by atoms with Crippen molar-refractivity contribution in [2.24, 2.45) is 5.41 Å². The highest BCUT2D eigenvalue weighted by atomic mass is 28.4. The highest BCUT2D eigenvalue weighted by Crippen LogP contribution is 2.38. The zero-order valence-electron chi connectivity index (χ0n) is 18.9. The van der Waals surface area contributed by atoms with Crippen molar-refractivity contribution in [2.45, 2.75) is 91.6 Å². The molecule has 1 rings (SSSR count). The number of hydrogen-bond acceptors (Lipinski definition) is 3. The van der Waals surface area contributed by atoms with Crippen LogP contribution in [0.3, 0.4) is 0 Å². The number of rotatable bonds is 10. The van der Waals surface area contributed by atoms with E-state index in [1.165, 1.54) is 11.7 Å². The average molecular weight is 399 g/mol. The first-order valence-corrected chi connectivity index (χ1v) is 16.5. The van der Waals surface area contributed by atoms with Gasteiger partial charge in [0.05, 0.1) is 0 Å². The molecule has 0 unspecified atom stereocenters. The van der Waals surface area contributed by atoms with Crippen molar-refractivity contribution in [2.75, 3.05) is 13.2 Å². The second-order valence-corrected chi connectivity index (χ2v) is 21.5. The molecule has 0 amide bonds. The first-order chi connectivity index (χ1) is 11.6. The lowest BCUT2D eigenvalue weighted by Crippen LogP contribution is -2.43. The molecule has 1 heterocycles. The molecule has 0 fully saturated rings. The van der Waals surface area contributed by atoms with Crippen LogP contribution in [0.4, 0.5) is 0 Å². The second-order valence-electron chi connectivity index (χ2n) is 11.1. The van der Waals surface area contributed by atoms with Crippen LogP contribution in [0.1, 0.15) is 40.3 Å². The molecule has 0 N–H and O–H groups in total. The predicted molar refractivity (Wildman–Crippen MR) is 117 cm³/mol. The van der Waals surface area contributed by atoms with Gasteiger partial charge >= 0.3 is 0 Å². The van der Waals surface area contributed by atoms with Gasteiger partial charge in [0.2, 0.25) is 0 Å². The van der Waals surface area contributed by atoms with Gasteiger partial charge in [-0.3, -0.25) is 0 Å². The van der Waals surface area contributed by atoms with Gasteiger partial charge in [-0.05, 0) is 42.1 Å². The van der Waals surface area contributed by atoms with Crippen molar-refractivity contribution in [1.82, 2.24) is 9.78 Å². The normalized spacial score (nSPS) is 14.1. The quantitative estimate of drug-likeness (QED) is 0.370. The summed E-state index contributed by atoms with van der Waals surface area (Å²) in [5, 5.41) is 4.70. The van der Waals surface area contributed by atoms with Gasteiger partial charge in [0.25, 0.3) is 0 Å². The number of hydrogen-bond donors (Lipinski definition) is 0. The van der Waals surface area contributed by atoms with E-state index in [2.05, 4.69) is 78.5 Å². The smallest absolute Gasteiger partial charge is 0.192 e. The summed E-state index contributed by atoms with van der Waals surface area (Å²) in [6, 6.07) is 3.30. The molecule has 0 aliphatic carbocycles. The minimum atomic E-state index is -1.72. The monoisotopic (exact) mass is 398 g/mol. The maximum absolute atomic E-state index is 6.47. The largest absolute Gasteiger partial charge is 0.416 e. The minimum absolute atomic E-state index is 0.0750. The molecule has 0 aromatic carbocycles. The van der Waals surface area contributed by atoms with Gasteiger partial charge in [-0.25, -0.2) is 4.68 Å². The molecular weight excluding hydrogens is 356 g/mol. The lowest BCUT2D eigenvalue weighted by molar-refractivity contribution is 0.0740. The average Bonchev–Trinajstić information content (AvgIpc) is 2.86. The molecule has 0 aliphatic rings. The van der Waals surface area contributed by atoms with Crippen molar-refractivity contribution >= 4 is 16.4 Å². The van der Waals surface area contributed by atoms with Crippen LogP contribution >= 0.6 is 0 Å². The Morgan fingerprint density at radius 2 is 1.65 bits per heavy atom. The van der Waals surface area contributed by atoms with Crippen molar-refractivity contribution in [3.8, 4) is 0 Å². The molecule has 1 aromatic rings. The molecule has 26 heavy (non-hydrogen) atoms. The number of nitrogens with zero attached hydrogens (tertiary/aromatic N) is 2.